The molecule has 7 heteroatoms. The van der Waals surface area contributed by atoms with Crippen molar-refractivity contribution in [1.29, 1.82) is 0 Å². The van der Waals surface area contributed by atoms with Crippen molar-refractivity contribution in [1.82, 2.24) is 14.7 Å². The minimum atomic E-state index is -0.373. The molecule has 2 heterocycles. The molecule has 6 nitrogen and oxygen atoms in total. The Morgan fingerprint density at radius 1 is 1.00 bits per heavy atom. The molecule has 0 bridgehead atoms. The number of carbonyl (C=O) groups excluding carboxylic acids is 2. The average Bonchev–Trinajstić information content (AvgIpc) is 2.78. The van der Waals surface area contributed by atoms with Crippen molar-refractivity contribution in [3.63, 3.8) is 0 Å². The monoisotopic (exact) mass is 424 g/mol. The van der Waals surface area contributed by atoms with Crippen molar-refractivity contribution in [3.05, 3.63) is 65.5 Å². The lowest BCUT2D eigenvalue weighted by Gasteiger charge is -2.39. The number of hydrogen-bond donors (Lipinski definition) is 1. The zero-order valence-corrected chi connectivity index (χ0v) is 17.9. The molecule has 0 radical (unpaired) electrons. The highest BCUT2D eigenvalue weighted by molar-refractivity contribution is 5.92. The van der Waals surface area contributed by atoms with E-state index in [1.165, 1.54) is 23.3 Å². The smallest absolute Gasteiger partial charge is 0.239 e. The Morgan fingerprint density at radius 2 is 1.74 bits per heavy atom. The molecule has 2 amide bonds. The van der Waals surface area contributed by atoms with Crippen LogP contribution in [-0.4, -0.2) is 71.8 Å². The van der Waals surface area contributed by atoms with Crippen LogP contribution in [0.5, 0.6) is 0 Å². The van der Waals surface area contributed by atoms with E-state index in [-0.39, 0.29) is 30.2 Å². The second kappa shape index (κ2) is 9.58. The van der Waals surface area contributed by atoms with Gasteiger partial charge in [-0.1, -0.05) is 30.3 Å². The third-order valence-electron chi connectivity index (χ3n) is 6.23. The summed E-state index contributed by atoms with van der Waals surface area (Å²) in [7, 11) is 0. The summed E-state index contributed by atoms with van der Waals surface area (Å²) >= 11 is 0. The van der Waals surface area contributed by atoms with Crippen LogP contribution in [0.15, 0.2) is 48.5 Å². The molecule has 0 unspecified atom stereocenters. The van der Waals surface area contributed by atoms with Gasteiger partial charge in [0.1, 0.15) is 5.82 Å². The zero-order chi connectivity index (χ0) is 21.8. The Bertz CT molecular complexity index is 943. The van der Waals surface area contributed by atoms with Crippen LogP contribution in [-0.2, 0) is 22.6 Å². The highest BCUT2D eigenvalue weighted by Crippen LogP contribution is 2.20. The van der Waals surface area contributed by atoms with Gasteiger partial charge in [-0.15, -0.1) is 0 Å². The molecule has 1 saturated heterocycles. The summed E-state index contributed by atoms with van der Waals surface area (Å²) in [5, 5.41) is 2.74. The molecule has 4 rings (SSSR count). The first-order valence-corrected chi connectivity index (χ1v) is 10.9. The summed E-state index contributed by atoms with van der Waals surface area (Å²) in [5.41, 5.74) is 3.04. The number of nitrogens with zero attached hydrogens (tertiary/aromatic N) is 3. The summed E-state index contributed by atoms with van der Waals surface area (Å²) in [4.78, 5) is 31.6. The molecule has 164 valence electrons. The number of halogens is 1. The van der Waals surface area contributed by atoms with Crippen LogP contribution < -0.4 is 5.32 Å². The number of hydrogen-bond acceptors (Lipinski definition) is 4. The van der Waals surface area contributed by atoms with E-state index < -0.39 is 0 Å². The summed E-state index contributed by atoms with van der Waals surface area (Å²) in [5.74, 6) is -0.357. The third-order valence-corrected chi connectivity index (χ3v) is 6.23. The SMILES string of the molecule is C[C@H](C(=O)N1CCc2ccccc2C1)N1CCN(CC(=O)Nc2cccc(F)c2)CC1. The van der Waals surface area contributed by atoms with Crippen LogP contribution in [0.3, 0.4) is 0 Å². The lowest BCUT2D eigenvalue weighted by molar-refractivity contribution is -0.138. The highest BCUT2D eigenvalue weighted by atomic mass is 19.1. The molecular formula is C24H29FN4O2. The summed E-state index contributed by atoms with van der Waals surface area (Å²) in [6, 6.07) is 14.1. The minimum absolute atomic E-state index is 0.157. The molecule has 0 aliphatic carbocycles. The fourth-order valence-corrected chi connectivity index (χ4v) is 4.38. The van der Waals surface area contributed by atoms with Gasteiger partial charge in [0.05, 0.1) is 12.6 Å². The van der Waals surface area contributed by atoms with Gasteiger partial charge in [0.25, 0.3) is 0 Å². The number of fused-ring (bicyclic) bond motifs is 1. The maximum Gasteiger partial charge on any atom is 0.239 e. The van der Waals surface area contributed by atoms with E-state index in [0.717, 1.165) is 39.1 Å². The lowest BCUT2D eigenvalue weighted by atomic mass is 9.99. The van der Waals surface area contributed by atoms with Crippen molar-refractivity contribution >= 4 is 17.5 Å². The Labute approximate surface area is 182 Å². The first-order chi connectivity index (χ1) is 15.0. The van der Waals surface area contributed by atoms with Crippen LogP contribution in [0.1, 0.15) is 18.1 Å². The van der Waals surface area contributed by atoms with E-state index in [1.807, 2.05) is 17.9 Å². The van der Waals surface area contributed by atoms with E-state index in [9.17, 15) is 14.0 Å². The minimum Gasteiger partial charge on any atom is -0.337 e. The van der Waals surface area contributed by atoms with Gasteiger partial charge in [-0.05, 0) is 42.7 Å². The second-order valence-electron chi connectivity index (χ2n) is 8.33. The Morgan fingerprint density at radius 3 is 2.48 bits per heavy atom. The van der Waals surface area contributed by atoms with Crippen LogP contribution in [0.4, 0.5) is 10.1 Å². The molecule has 0 aromatic heterocycles. The number of nitrogens with one attached hydrogen (secondary N) is 1. The predicted molar refractivity (Wildman–Crippen MR) is 118 cm³/mol. The molecule has 2 aliphatic rings. The highest BCUT2D eigenvalue weighted by Gasteiger charge is 2.30. The maximum absolute atomic E-state index is 13.3. The van der Waals surface area contributed by atoms with Gasteiger partial charge in [0.2, 0.25) is 11.8 Å². The van der Waals surface area contributed by atoms with Crippen LogP contribution >= 0.6 is 0 Å². The van der Waals surface area contributed by atoms with Crippen molar-refractivity contribution in [2.45, 2.75) is 25.9 Å². The molecule has 1 atom stereocenters. The van der Waals surface area contributed by atoms with Gasteiger partial charge < -0.3 is 10.2 Å². The number of rotatable bonds is 5. The maximum atomic E-state index is 13.3. The van der Waals surface area contributed by atoms with Gasteiger partial charge in [0, 0.05) is 45.0 Å². The number of benzene rings is 2. The Kier molecular flexibility index (Phi) is 6.63. The zero-order valence-electron chi connectivity index (χ0n) is 17.9. The molecule has 0 spiro atoms. The van der Waals surface area contributed by atoms with E-state index >= 15 is 0 Å². The fourth-order valence-electron chi connectivity index (χ4n) is 4.38. The van der Waals surface area contributed by atoms with Gasteiger partial charge >= 0.3 is 0 Å². The predicted octanol–water partition coefficient (Wildman–Crippen LogP) is 2.36. The molecule has 2 aliphatic heterocycles. The molecule has 0 saturated carbocycles. The van der Waals surface area contributed by atoms with Gasteiger partial charge in [-0.2, -0.15) is 0 Å². The van der Waals surface area contributed by atoms with Crippen LogP contribution in [0, 0.1) is 5.82 Å². The largest absolute Gasteiger partial charge is 0.337 e. The molecule has 1 fully saturated rings. The van der Waals surface area contributed by atoms with Crippen LogP contribution in [0.2, 0.25) is 0 Å². The van der Waals surface area contributed by atoms with E-state index in [0.29, 0.717) is 12.2 Å². The Balaban J connectivity index is 1.24. The topological polar surface area (TPSA) is 55.9 Å². The average molecular weight is 425 g/mol. The summed E-state index contributed by atoms with van der Waals surface area (Å²) in [6.07, 6.45) is 0.906. The number of amides is 2. The fraction of sp³-hybridized carbons (Fsp3) is 0.417. The normalized spacial score (nSPS) is 18.3. The Hall–Kier alpha value is -2.77. The second-order valence-corrected chi connectivity index (χ2v) is 8.33. The van der Waals surface area contributed by atoms with Crippen molar-refractivity contribution in [2.24, 2.45) is 0 Å². The molecule has 2 aromatic rings. The molecule has 1 N–H and O–H groups in total. The van der Waals surface area contributed by atoms with Gasteiger partial charge in [0.15, 0.2) is 0 Å². The van der Waals surface area contributed by atoms with Crippen molar-refractivity contribution in [2.75, 3.05) is 44.6 Å². The summed E-state index contributed by atoms with van der Waals surface area (Å²) < 4.78 is 13.3. The van der Waals surface area contributed by atoms with E-state index in [2.05, 4.69) is 33.3 Å². The standard InChI is InChI=1S/C24H29FN4O2/c1-18(24(31)29-10-9-19-5-2-3-6-20(19)16-29)28-13-11-27(12-14-28)17-23(30)26-22-8-4-7-21(25)15-22/h2-8,15,18H,9-14,16-17H2,1H3,(H,26,30)/t18-/m1/s1. The number of piperazine rings is 1. The quantitative estimate of drug-likeness (QED) is 0.801. The molecule has 31 heavy (non-hydrogen) atoms. The molecule has 2 aromatic carbocycles. The number of anilines is 1. The number of carbonyl (C=O) groups is 2. The third kappa shape index (κ3) is 5.29. The first kappa shape index (κ1) is 21.5. The summed E-state index contributed by atoms with van der Waals surface area (Å²) in [6.45, 7) is 6.61. The van der Waals surface area contributed by atoms with E-state index in [4.69, 9.17) is 0 Å². The van der Waals surface area contributed by atoms with Crippen molar-refractivity contribution < 1.29 is 14.0 Å². The lowest BCUT2D eigenvalue weighted by Crippen LogP contribution is -2.55. The first-order valence-electron chi connectivity index (χ1n) is 10.9. The van der Waals surface area contributed by atoms with Crippen molar-refractivity contribution in [3.8, 4) is 0 Å². The van der Waals surface area contributed by atoms with E-state index in [1.54, 1.807) is 12.1 Å². The van der Waals surface area contributed by atoms with Gasteiger partial charge in [-0.3, -0.25) is 19.4 Å². The molecular weight excluding hydrogens is 395 g/mol. The van der Waals surface area contributed by atoms with Crippen LogP contribution in [0.25, 0.3) is 0 Å². The van der Waals surface area contributed by atoms with Gasteiger partial charge in [-0.25, -0.2) is 4.39 Å².